The van der Waals surface area contributed by atoms with Crippen LogP contribution in [0.2, 0.25) is 0 Å². The van der Waals surface area contributed by atoms with Crippen molar-refractivity contribution < 1.29 is 4.92 Å². The molecule has 1 aromatic rings. The predicted octanol–water partition coefficient (Wildman–Crippen LogP) is 3.33. The topological polar surface area (TPSA) is 58.4 Å². The van der Waals surface area contributed by atoms with Gasteiger partial charge in [-0.25, -0.2) is 0 Å². The number of anilines is 1. The molecule has 0 aromatic heterocycles. The molecule has 1 atom stereocenters. The molecule has 2 fully saturated rings. The van der Waals surface area contributed by atoms with E-state index < -0.39 is 0 Å². The summed E-state index contributed by atoms with van der Waals surface area (Å²) in [5.41, 5.74) is 0.951. The summed E-state index contributed by atoms with van der Waals surface area (Å²) in [7, 11) is 0. The third-order valence-electron chi connectivity index (χ3n) is 4.25. The van der Waals surface area contributed by atoms with Crippen molar-refractivity contribution in [2.45, 2.75) is 31.7 Å². The minimum absolute atomic E-state index is 0.197. The molecule has 1 aliphatic heterocycles. The lowest BCUT2D eigenvalue weighted by Crippen LogP contribution is -2.39. The Hall–Kier alpha value is -1.14. The first kappa shape index (κ1) is 14.8. The molecular formula is C15H20BrN3O2. The summed E-state index contributed by atoms with van der Waals surface area (Å²) in [6.45, 7) is 2.85. The highest BCUT2D eigenvalue weighted by Crippen LogP contribution is 2.36. The molecule has 1 saturated carbocycles. The van der Waals surface area contributed by atoms with Gasteiger partial charge in [0, 0.05) is 29.7 Å². The smallest absolute Gasteiger partial charge is 0.293 e. The van der Waals surface area contributed by atoms with E-state index >= 15 is 0 Å². The lowest BCUT2D eigenvalue weighted by Gasteiger charge is -2.27. The Bertz CT molecular complexity index is 528. The van der Waals surface area contributed by atoms with Gasteiger partial charge in [0.15, 0.2) is 0 Å². The van der Waals surface area contributed by atoms with Crippen LogP contribution < -0.4 is 10.2 Å². The van der Waals surface area contributed by atoms with Gasteiger partial charge < -0.3 is 10.2 Å². The van der Waals surface area contributed by atoms with E-state index in [9.17, 15) is 10.1 Å². The molecule has 0 spiro atoms. The van der Waals surface area contributed by atoms with E-state index in [1.54, 1.807) is 6.07 Å². The van der Waals surface area contributed by atoms with Gasteiger partial charge in [-0.1, -0.05) is 15.9 Å². The van der Waals surface area contributed by atoms with E-state index in [0.29, 0.717) is 12.0 Å². The molecule has 1 aromatic carbocycles. The first-order valence-corrected chi connectivity index (χ1v) is 8.35. The van der Waals surface area contributed by atoms with Crippen molar-refractivity contribution in [1.82, 2.24) is 5.32 Å². The number of benzene rings is 1. The number of nitro benzene ring substituents is 1. The van der Waals surface area contributed by atoms with E-state index in [0.717, 1.165) is 36.2 Å². The van der Waals surface area contributed by atoms with Crippen LogP contribution in [-0.2, 0) is 0 Å². The minimum atomic E-state index is -0.276. The molecule has 5 nitrogen and oxygen atoms in total. The van der Waals surface area contributed by atoms with Gasteiger partial charge in [0.1, 0.15) is 5.69 Å². The number of nitrogens with zero attached hydrogens (tertiary/aromatic N) is 2. The largest absolute Gasteiger partial charge is 0.364 e. The van der Waals surface area contributed by atoms with Gasteiger partial charge in [-0.2, -0.15) is 0 Å². The van der Waals surface area contributed by atoms with E-state index in [2.05, 4.69) is 26.1 Å². The maximum atomic E-state index is 11.4. The summed E-state index contributed by atoms with van der Waals surface area (Å²) < 4.78 is 0.753. The zero-order valence-corrected chi connectivity index (χ0v) is 13.5. The summed E-state index contributed by atoms with van der Waals surface area (Å²) in [5.74, 6) is 0.703. The number of hydrogen-bond acceptors (Lipinski definition) is 4. The number of hydrogen-bond donors (Lipinski definition) is 1. The average Bonchev–Trinajstić information content (AvgIpc) is 3.11. The highest BCUT2D eigenvalue weighted by atomic mass is 79.9. The highest BCUT2D eigenvalue weighted by molar-refractivity contribution is 9.10. The first-order chi connectivity index (χ1) is 10.1. The third-order valence-corrected chi connectivity index (χ3v) is 4.75. The van der Waals surface area contributed by atoms with Gasteiger partial charge in [-0.3, -0.25) is 10.1 Å². The molecule has 1 N–H and O–H groups in total. The highest BCUT2D eigenvalue weighted by Gasteiger charge is 2.29. The van der Waals surface area contributed by atoms with Crippen LogP contribution in [0.25, 0.3) is 0 Å². The molecule has 114 valence electrons. The van der Waals surface area contributed by atoms with E-state index in [1.165, 1.54) is 19.3 Å². The molecule has 0 amide bonds. The monoisotopic (exact) mass is 353 g/mol. The predicted molar refractivity (Wildman–Crippen MR) is 86.8 cm³/mol. The Morgan fingerprint density at radius 3 is 2.76 bits per heavy atom. The Kier molecular flexibility index (Phi) is 4.45. The zero-order valence-electron chi connectivity index (χ0n) is 11.9. The van der Waals surface area contributed by atoms with Crippen molar-refractivity contribution in [3.05, 3.63) is 32.8 Å². The lowest BCUT2D eigenvalue weighted by molar-refractivity contribution is -0.384. The number of rotatable bonds is 6. The first-order valence-electron chi connectivity index (χ1n) is 7.56. The van der Waals surface area contributed by atoms with Crippen molar-refractivity contribution in [2.24, 2.45) is 5.92 Å². The van der Waals surface area contributed by atoms with Gasteiger partial charge in [-0.05, 0) is 50.3 Å². The average molecular weight is 354 g/mol. The molecule has 6 heteroatoms. The minimum Gasteiger partial charge on any atom is -0.364 e. The van der Waals surface area contributed by atoms with E-state index in [-0.39, 0.29) is 10.6 Å². The van der Waals surface area contributed by atoms with Crippen molar-refractivity contribution in [1.29, 1.82) is 0 Å². The third kappa shape index (κ3) is 3.74. The second kappa shape index (κ2) is 6.32. The summed E-state index contributed by atoms with van der Waals surface area (Å²) in [4.78, 5) is 13.3. The van der Waals surface area contributed by atoms with E-state index in [1.807, 2.05) is 12.1 Å². The lowest BCUT2D eigenvalue weighted by atomic mass is 10.1. The molecule has 21 heavy (non-hydrogen) atoms. The van der Waals surface area contributed by atoms with Crippen LogP contribution in [0.5, 0.6) is 0 Å². The number of nitro groups is 1. The maximum absolute atomic E-state index is 11.4. The van der Waals surface area contributed by atoms with Crippen LogP contribution in [0.15, 0.2) is 22.7 Å². The van der Waals surface area contributed by atoms with Crippen LogP contribution in [-0.4, -0.2) is 30.6 Å². The van der Waals surface area contributed by atoms with E-state index in [4.69, 9.17) is 0 Å². The van der Waals surface area contributed by atoms with Gasteiger partial charge in [-0.15, -0.1) is 0 Å². The van der Waals surface area contributed by atoms with Crippen molar-refractivity contribution >= 4 is 27.3 Å². The summed E-state index contributed by atoms with van der Waals surface area (Å²) in [6, 6.07) is 5.83. The second-order valence-electron chi connectivity index (χ2n) is 6.03. The SMILES string of the molecule is O=[N+]([O-])c1cc(Br)ccc1N(CC1CC1)CC1CCCN1. The van der Waals surface area contributed by atoms with Crippen LogP contribution in [0.1, 0.15) is 25.7 Å². The fourth-order valence-electron chi connectivity index (χ4n) is 2.97. The van der Waals surface area contributed by atoms with Crippen LogP contribution in [0, 0.1) is 16.0 Å². The summed E-state index contributed by atoms with van der Waals surface area (Å²) in [6.07, 6.45) is 4.85. The normalized spacial score (nSPS) is 21.5. The Morgan fingerprint density at radius 1 is 1.33 bits per heavy atom. The van der Waals surface area contributed by atoms with Crippen molar-refractivity contribution in [2.75, 3.05) is 24.5 Å². The quantitative estimate of drug-likeness (QED) is 0.629. The van der Waals surface area contributed by atoms with Crippen molar-refractivity contribution in [3.8, 4) is 0 Å². The molecule has 1 saturated heterocycles. The fraction of sp³-hybridized carbons (Fsp3) is 0.600. The molecular weight excluding hydrogens is 334 g/mol. The van der Waals surface area contributed by atoms with Crippen LogP contribution in [0.4, 0.5) is 11.4 Å². The Labute approximate surface area is 133 Å². The van der Waals surface area contributed by atoms with Crippen LogP contribution in [0.3, 0.4) is 0 Å². The maximum Gasteiger partial charge on any atom is 0.293 e. The molecule has 1 aliphatic carbocycles. The van der Waals surface area contributed by atoms with Gasteiger partial charge in [0.25, 0.3) is 5.69 Å². The standard InChI is InChI=1S/C15H20BrN3O2/c16-12-5-6-14(15(8-12)19(20)21)18(9-11-3-4-11)10-13-2-1-7-17-13/h5-6,8,11,13,17H,1-4,7,9-10H2. The van der Waals surface area contributed by atoms with Gasteiger partial charge in [0.05, 0.1) is 4.92 Å². The molecule has 0 radical (unpaired) electrons. The van der Waals surface area contributed by atoms with Gasteiger partial charge >= 0.3 is 0 Å². The number of halogens is 1. The summed E-state index contributed by atoms with van der Waals surface area (Å²) >= 11 is 3.33. The van der Waals surface area contributed by atoms with Crippen molar-refractivity contribution in [3.63, 3.8) is 0 Å². The van der Waals surface area contributed by atoms with Gasteiger partial charge in [0.2, 0.25) is 0 Å². The molecule has 2 aliphatic rings. The molecule has 1 heterocycles. The molecule has 0 bridgehead atoms. The summed E-state index contributed by atoms with van der Waals surface area (Å²) in [5, 5.41) is 14.8. The molecule has 1 unspecified atom stereocenters. The van der Waals surface area contributed by atoms with Crippen LogP contribution >= 0.6 is 15.9 Å². The fourth-order valence-corrected chi connectivity index (χ4v) is 3.32. The Morgan fingerprint density at radius 2 is 2.14 bits per heavy atom. The zero-order chi connectivity index (χ0) is 14.8. The second-order valence-corrected chi connectivity index (χ2v) is 6.95. The Balaban J connectivity index is 1.85. The number of nitrogens with one attached hydrogen (secondary N) is 1. The molecule has 3 rings (SSSR count).